The van der Waals surface area contributed by atoms with Crippen molar-refractivity contribution in [3.8, 4) is 0 Å². The summed E-state index contributed by atoms with van der Waals surface area (Å²) in [4.78, 5) is 16.8. The number of nitrogens with two attached hydrogens (primary N) is 2. The highest BCUT2D eigenvalue weighted by Gasteiger charge is 1.93. The number of aromatic amines is 1. The van der Waals surface area contributed by atoms with E-state index in [0.29, 0.717) is 6.54 Å². The van der Waals surface area contributed by atoms with Gasteiger partial charge in [-0.1, -0.05) is 11.3 Å². The highest BCUT2D eigenvalue weighted by Crippen LogP contribution is 1.96. The normalized spacial score (nSPS) is 9.45. The van der Waals surface area contributed by atoms with Crippen molar-refractivity contribution in [2.75, 3.05) is 0 Å². The average molecular weight is 172 g/mol. The van der Waals surface area contributed by atoms with E-state index in [2.05, 4.69) is 9.98 Å². The molecule has 0 unspecified atom stereocenters. The minimum absolute atomic E-state index is 0.0250. The number of rotatable bonds is 2. The lowest BCUT2D eigenvalue weighted by molar-refractivity contribution is 0.992. The summed E-state index contributed by atoms with van der Waals surface area (Å²) in [5.74, 6) is 0.0250. The fourth-order valence-electron chi connectivity index (χ4n) is 0.568. The van der Waals surface area contributed by atoms with Gasteiger partial charge in [0.05, 0.1) is 12.2 Å². The molecular formula is C5H8N4OS. The molecule has 0 aliphatic carbocycles. The Morgan fingerprint density at radius 2 is 2.45 bits per heavy atom. The molecule has 0 spiro atoms. The number of thiazole rings is 1. The number of hydrogen-bond acceptors (Lipinski definition) is 3. The van der Waals surface area contributed by atoms with Crippen molar-refractivity contribution < 1.29 is 0 Å². The molecule has 11 heavy (non-hydrogen) atoms. The summed E-state index contributed by atoms with van der Waals surface area (Å²) < 4.78 is 0. The van der Waals surface area contributed by atoms with Crippen LogP contribution in [0.3, 0.4) is 0 Å². The number of nitrogens with zero attached hydrogens (tertiary/aromatic N) is 1. The highest BCUT2D eigenvalue weighted by atomic mass is 32.1. The third-order valence-corrected chi connectivity index (χ3v) is 1.72. The second-order valence-corrected chi connectivity index (χ2v) is 2.76. The molecule has 1 aromatic rings. The van der Waals surface area contributed by atoms with E-state index in [1.807, 2.05) is 0 Å². The number of aliphatic imine (C=N–C) groups is 1. The standard InChI is InChI=1S/C5H8N4OS/c6-4(7)8-1-3-2-11-5(10)9-3/h2H,1H2,(H,9,10)(H4,6,7,8). The second kappa shape index (κ2) is 3.20. The molecule has 0 atom stereocenters. The lowest BCUT2D eigenvalue weighted by Crippen LogP contribution is -2.22. The first-order chi connectivity index (χ1) is 5.18. The Kier molecular flexibility index (Phi) is 2.27. The predicted octanol–water partition coefficient (Wildman–Crippen LogP) is -0.790. The SMILES string of the molecule is NC(N)=NCc1csc(=O)[nH]1. The van der Waals surface area contributed by atoms with Crippen LogP contribution in [-0.2, 0) is 6.54 Å². The molecular weight excluding hydrogens is 164 g/mol. The summed E-state index contributed by atoms with van der Waals surface area (Å²) >= 11 is 1.09. The quantitative estimate of drug-likeness (QED) is 0.403. The average Bonchev–Trinajstić information content (AvgIpc) is 2.31. The van der Waals surface area contributed by atoms with Gasteiger partial charge in [-0.05, 0) is 0 Å². The van der Waals surface area contributed by atoms with E-state index in [0.717, 1.165) is 17.0 Å². The largest absolute Gasteiger partial charge is 0.370 e. The van der Waals surface area contributed by atoms with Gasteiger partial charge < -0.3 is 16.5 Å². The van der Waals surface area contributed by atoms with Crippen LogP contribution >= 0.6 is 11.3 Å². The zero-order valence-corrected chi connectivity index (χ0v) is 6.52. The van der Waals surface area contributed by atoms with Crippen LogP contribution in [0.5, 0.6) is 0 Å². The van der Waals surface area contributed by atoms with Crippen LogP contribution in [0.1, 0.15) is 5.69 Å². The number of guanidine groups is 1. The first-order valence-electron chi connectivity index (χ1n) is 2.90. The lowest BCUT2D eigenvalue weighted by atomic mass is 10.5. The fraction of sp³-hybridized carbons (Fsp3) is 0.200. The molecule has 1 rings (SSSR count). The molecule has 1 aromatic heterocycles. The summed E-state index contributed by atoms with van der Waals surface area (Å²) in [5, 5.41) is 1.69. The summed E-state index contributed by atoms with van der Waals surface area (Å²) in [7, 11) is 0. The summed E-state index contributed by atoms with van der Waals surface area (Å²) in [6.45, 7) is 0.334. The Labute approximate surface area is 66.8 Å². The molecule has 0 aliphatic rings. The van der Waals surface area contributed by atoms with E-state index in [1.54, 1.807) is 5.38 Å². The topological polar surface area (TPSA) is 97.3 Å². The molecule has 0 saturated carbocycles. The van der Waals surface area contributed by atoms with E-state index in [1.165, 1.54) is 0 Å². The molecule has 0 amide bonds. The number of H-pyrrole nitrogens is 1. The van der Waals surface area contributed by atoms with Gasteiger partial charge in [0.1, 0.15) is 0 Å². The van der Waals surface area contributed by atoms with Crippen LogP contribution in [0.15, 0.2) is 15.2 Å². The van der Waals surface area contributed by atoms with Crippen LogP contribution < -0.4 is 16.3 Å². The first-order valence-corrected chi connectivity index (χ1v) is 3.78. The van der Waals surface area contributed by atoms with Gasteiger partial charge in [-0.2, -0.15) is 0 Å². The smallest absolute Gasteiger partial charge is 0.304 e. The van der Waals surface area contributed by atoms with Crippen LogP contribution in [0, 0.1) is 0 Å². The predicted molar refractivity (Wildman–Crippen MR) is 44.5 cm³/mol. The Bertz CT molecular complexity index is 308. The highest BCUT2D eigenvalue weighted by molar-refractivity contribution is 7.07. The second-order valence-electron chi connectivity index (χ2n) is 1.91. The van der Waals surface area contributed by atoms with Crippen molar-refractivity contribution in [3.63, 3.8) is 0 Å². The molecule has 0 radical (unpaired) electrons. The van der Waals surface area contributed by atoms with Crippen LogP contribution in [0.2, 0.25) is 0 Å². The number of aromatic nitrogens is 1. The Morgan fingerprint density at radius 1 is 1.73 bits per heavy atom. The van der Waals surface area contributed by atoms with E-state index in [-0.39, 0.29) is 10.8 Å². The summed E-state index contributed by atoms with van der Waals surface area (Å²) in [6, 6.07) is 0. The molecule has 6 heteroatoms. The van der Waals surface area contributed by atoms with E-state index >= 15 is 0 Å². The maximum atomic E-state index is 10.6. The maximum Gasteiger partial charge on any atom is 0.304 e. The third kappa shape index (κ3) is 2.42. The minimum Gasteiger partial charge on any atom is -0.370 e. The number of hydrogen-bond donors (Lipinski definition) is 3. The van der Waals surface area contributed by atoms with E-state index in [9.17, 15) is 4.79 Å². The first kappa shape index (κ1) is 7.80. The van der Waals surface area contributed by atoms with Gasteiger partial charge in [-0.25, -0.2) is 4.99 Å². The minimum atomic E-state index is -0.0919. The van der Waals surface area contributed by atoms with Crippen molar-refractivity contribution in [2.45, 2.75) is 6.54 Å². The summed E-state index contributed by atoms with van der Waals surface area (Å²) in [6.07, 6.45) is 0. The van der Waals surface area contributed by atoms with Crippen molar-refractivity contribution >= 4 is 17.3 Å². The Morgan fingerprint density at radius 3 is 2.91 bits per heavy atom. The van der Waals surface area contributed by atoms with Crippen molar-refractivity contribution in [2.24, 2.45) is 16.5 Å². The molecule has 5 N–H and O–H groups in total. The van der Waals surface area contributed by atoms with Crippen molar-refractivity contribution in [3.05, 3.63) is 20.7 Å². The molecule has 1 heterocycles. The van der Waals surface area contributed by atoms with Gasteiger partial charge in [0.25, 0.3) is 0 Å². The van der Waals surface area contributed by atoms with Gasteiger partial charge >= 0.3 is 4.87 Å². The monoisotopic (exact) mass is 172 g/mol. The van der Waals surface area contributed by atoms with Crippen LogP contribution in [-0.4, -0.2) is 10.9 Å². The zero-order valence-electron chi connectivity index (χ0n) is 5.70. The zero-order chi connectivity index (χ0) is 8.27. The molecule has 0 aliphatic heterocycles. The van der Waals surface area contributed by atoms with Crippen LogP contribution in [0.4, 0.5) is 0 Å². The van der Waals surface area contributed by atoms with Crippen molar-refractivity contribution in [1.82, 2.24) is 4.98 Å². The van der Waals surface area contributed by atoms with Gasteiger partial charge in [-0.3, -0.25) is 4.79 Å². The molecule has 5 nitrogen and oxygen atoms in total. The lowest BCUT2D eigenvalue weighted by Gasteiger charge is -1.89. The molecule has 0 saturated heterocycles. The molecule has 0 bridgehead atoms. The van der Waals surface area contributed by atoms with Gasteiger partial charge in [0.2, 0.25) is 0 Å². The molecule has 0 fully saturated rings. The van der Waals surface area contributed by atoms with Gasteiger partial charge in [0.15, 0.2) is 5.96 Å². The van der Waals surface area contributed by atoms with E-state index in [4.69, 9.17) is 11.5 Å². The van der Waals surface area contributed by atoms with E-state index < -0.39 is 0 Å². The molecule has 0 aromatic carbocycles. The Hall–Kier alpha value is -1.30. The van der Waals surface area contributed by atoms with Crippen LogP contribution in [0.25, 0.3) is 0 Å². The number of nitrogens with one attached hydrogen (secondary N) is 1. The van der Waals surface area contributed by atoms with Gasteiger partial charge in [0, 0.05) is 5.38 Å². The summed E-state index contributed by atoms with van der Waals surface area (Å²) in [5.41, 5.74) is 10.9. The third-order valence-electron chi connectivity index (χ3n) is 1.00. The molecule has 60 valence electrons. The fourth-order valence-corrected chi connectivity index (χ4v) is 1.14. The van der Waals surface area contributed by atoms with Crippen molar-refractivity contribution in [1.29, 1.82) is 0 Å². The van der Waals surface area contributed by atoms with Gasteiger partial charge in [-0.15, -0.1) is 0 Å². The Balaban J connectivity index is 2.65. The maximum absolute atomic E-state index is 10.6.